The van der Waals surface area contributed by atoms with Crippen LogP contribution in [0.4, 0.5) is 0 Å². The number of allylic oxidation sites excluding steroid dienone is 4. The van der Waals surface area contributed by atoms with Crippen molar-refractivity contribution in [1.29, 1.82) is 0 Å². The van der Waals surface area contributed by atoms with E-state index in [4.69, 9.17) is 5.73 Å². The van der Waals surface area contributed by atoms with E-state index in [2.05, 4.69) is 67.3 Å². The molecule has 1 aliphatic carbocycles. The van der Waals surface area contributed by atoms with E-state index in [0.717, 1.165) is 18.4 Å². The molecule has 1 nitrogen and oxygen atoms in total. The Kier molecular flexibility index (Phi) is 3.74. The van der Waals surface area contributed by atoms with Gasteiger partial charge >= 0.3 is 0 Å². The van der Waals surface area contributed by atoms with E-state index in [1.807, 2.05) is 6.07 Å². The summed E-state index contributed by atoms with van der Waals surface area (Å²) in [5.74, 6) is 0. The highest BCUT2D eigenvalue weighted by Gasteiger charge is 2.09. The van der Waals surface area contributed by atoms with Crippen LogP contribution < -0.4 is 5.73 Å². The zero-order valence-electron chi connectivity index (χ0n) is 12.0. The Labute approximate surface area is 126 Å². The van der Waals surface area contributed by atoms with E-state index >= 15 is 0 Å². The molecule has 2 aromatic carbocycles. The van der Waals surface area contributed by atoms with Crippen LogP contribution in [0.25, 0.3) is 16.7 Å². The monoisotopic (exact) mass is 273 g/mol. The SMILES string of the molecule is C=C(N)C1=CC=C(c2cccc(-c3ccccc3)c2)CC1. The Morgan fingerprint density at radius 1 is 0.810 bits per heavy atom. The third kappa shape index (κ3) is 2.97. The van der Waals surface area contributed by atoms with Crippen LogP contribution in [0.5, 0.6) is 0 Å². The first-order valence-corrected chi connectivity index (χ1v) is 7.24. The second-order valence-corrected chi connectivity index (χ2v) is 5.36. The summed E-state index contributed by atoms with van der Waals surface area (Å²) in [5, 5.41) is 0. The molecule has 0 amide bonds. The lowest BCUT2D eigenvalue weighted by Crippen LogP contribution is -2.02. The van der Waals surface area contributed by atoms with Gasteiger partial charge in [-0.05, 0) is 46.7 Å². The Hall–Kier alpha value is -2.54. The van der Waals surface area contributed by atoms with Gasteiger partial charge in [-0.2, -0.15) is 0 Å². The van der Waals surface area contributed by atoms with Crippen molar-refractivity contribution >= 4 is 5.57 Å². The molecular formula is C20H19N. The number of hydrogen-bond acceptors (Lipinski definition) is 1. The summed E-state index contributed by atoms with van der Waals surface area (Å²) in [6, 6.07) is 19.2. The summed E-state index contributed by atoms with van der Waals surface area (Å²) in [6.07, 6.45) is 6.24. The summed E-state index contributed by atoms with van der Waals surface area (Å²) in [5.41, 5.74) is 12.7. The lowest BCUT2D eigenvalue weighted by Gasteiger charge is -2.15. The van der Waals surface area contributed by atoms with Crippen molar-refractivity contribution in [2.75, 3.05) is 0 Å². The third-order valence-corrected chi connectivity index (χ3v) is 3.90. The second-order valence-electron chi connectivity index (χ2n) is 5.36. The van der Waals surface area contributed by atoms with E-state index in [9.17, 15) is 0 Å². The van der Waals surface area contributed by atoms with Gasteiger partial charge in [-0.1, -0.05) is 67.3 Å². The van der Waals surface area contributed by atoms with Gasteiger partial charge in [0.05, 0.1) is 0 Å². The van der Waals surface area contributed by atoms with Crippen LogP contribution in [0.15, 0.2) is 84.6 Å². The third-order valence-electron chi connectivity index (χ3n) is 3.90. The Morgan fingerprint density at radius 2 is 1.52 bits per heavy atom. The summed E-state index contributed by atoms with van der Waals surface area (Å²) in [7, 11) is 0. The van der Waals surface area contributed by atoms with Crippen LogP contribution in [0.1, 0.15) is 18.4 Å². The molecule has 0 fully saturated rings. The first kappa shape index (κ1) is 13.4. The maximum absolute atomic E-state index is 5.76. The second kappa shape index (κ2) is 5.84. The predicted molar refractivity (Wildman–Crippen MR) is 90.5 cm³/mol. The standard InChI is InChI=1S/C20H19N/c1-15(21)16-10-12-18(13-11-16)20-9-5-8-19(14-20)17-6-3-2-4-7-17/h2-10,12,14H,1,11,13,21H2. The predicted octanol–water partition coefficient (Wildman–Crippen LogP) is 4.93. The van der Waals surface area contributed by atoms with Crippen molar-refractivity contribution in [1.82, 2.24) is 0 Å². The molecule has 2 N–H and O–H groups in total. The molecule has 0 saturated heterocycles. The van der Waals surface area contributed by atoms with Gasteiger partial charge in [0, 0.05) is 5.70 Å². The molecule has 0 aromatic heterocycles. The van der Waals surface area contributed by atoms with Gasteiger partial charge < -0.3 is 5.73 Å². The molecule has 0 aliphatic heterocycles. The van der Waals surface area contributed by atoms with E-state index < -0.39 is 0 Å². The zero-order valence-corrected chi connectivity index (χ0v) is 12.0. The van der Waals surface area contributed by atoms with E-state index in [-0.39, 0.29) is 0 Å². The van der Waals surface area contributed by atoms with Crippen LogP contribution in [0, 0.1) is 0 Å². The summed E-state index contributed by atoms with van der Waals surface area (Å²) >= 11 is 0. The molecule has 0 bridgehead atoms. The van der Waals surface area contributed by atoms with Gasteiger partial charge in [-0.15, -0.1) is 0 Å². The lowest BCUT2D eigenvalue weighted by molar-refractivity contribution is 0.979. The Bertz CT molecular complexity index is 721. The number of benzene rings is 2. The molecular weight excluding hydrogens is 254 g/mol. The minimum Gasteiger partial charge on any atom is -0.399 e. The summed E-state index contributed by atoms with van der Waals surface area (Å²) < 4.78 is 0. The van der Waals surface area contributed by atoms with Crippen molar-refractivity contribution in [3.05, 3.63) is 90.2 Å². The minimum atomic E-state index is 0.684. The maximum Gasteiger partial charge on any atom is 0.0273 e. The van der Waals surface area contributed by atoms with Crippen LogP contribution >= 0.6 is 0 Å². The maximum atomic E-state index is 5.76. The van der Waals surface area contributed by atoms with Crippen molar-refractivity contribution < 1.29 is 0 Å². The van der Waals surface area contributed by atoms with E-state index in [0.29, 0.717) is 5.70 Å². The first-order valence-electron chi connectivity index (χ1n) is 7.24. The van der Waals surface area contributed by atoms with Crippen molar-refractivity contribution in [2.24, 2.45) is 5.73 Å². The van der Waals surface area contributed by atoms with Gasteiger partial charge in [0.2, 0.25) is 0 Å². The molecule has 0 unspecified atom stereocenters. The molecule has 3 rings (SSSR count). The minimum absolute atomic E-state index is 0.684. The van der Waals surface area contributed by atoms with Gasteiger partial charge in [0.15, 0.2) is 0 Å². The summed E-state index contributed by atoms with van der Waals surface area (Å²) in [6.45, 7) is 3.81. The molecule has 0 atom stereocenters. The van der Waals surface area contributed by atoms with E-state index in [1.54, 1.807) is 0 Å². The van der Waals surface area contributed by atoms with Crippen molar-refractivity contribution in [2.45, 2.75) is 12.8 Å². The Morgan fingerprint density at radius 3 is 2.19 bits per heavy atom. The largest absolute Gasteiger partial charge is 0.399 e. The molecule has 0 radical (unpaired) electrons. The Balaban J connectivity index is 1.93. The molecule has 104 valence electrons. The van der Waals surface area contributed by atoms with Crippen LogP contribution in [-0.2, 0) is 0 Å². The van der Waals surface area contributed by atoms with Gasteiger partial charge in [0.1, 0.15) is 0 Å². The lowest BCUT2D eigenvalue weighted by atomic mass is 9.91. The van der Waals surface area contributed by atoms with Crippen molar-refractivity contribution in [3.8, 4) is 11.1 Å². The topological polar surface area (TPSA) is 26.0 Å². The fourth-order valence-electron chi connectivity index (χ4n) is 2.67. The van der Waals surface area contributed by atoms with Gasteiger partial charge in [-0.25, -0.2) is 0 Å². The van der Waals surface area contributed by atoms with Crippen molar-refractivity contribution in [3.63, 3.8) is 0 Å². The van der Waals surface area contributed by atoms with Gasteiger partial charge in [0.25, 0.3) is 0 Å². The molecule has 21 heavy (non-hydrogen) atoms. The van der Waals surface area contributed by atoms with Crippen LogP contribution in [-0.4, -0.2) is 0 Å². The first-order chi connectivity index (χ1) is 10.2. The number of rotatable bonds is 3. The highest BCUT2D eigenvalue weighted by molar-refractivity contribution is 5.74. The fraction of sp³-hybridized carbons (Fsp3) is 0.100. The average molecular weight is 273 g/mol. The molecule has 1 heteroatoms. The molecule has 0 saturated carbocycles. The molecule has 0 spiro atoms. The molecule has 2 aromatic rings. The number of nitrogens with two attached hydrogens (primary N) is 1. The van der Waals surface area contributed by atoms with Crippen LogP contribution in [0.2, 0.25) is 0 Å². The fourth-order valence-corrected chi connectivity index (χ4v) is 2.67. The molecule has 0 heterocycles. The average Bonchev–Trinajstić information content (AvgIpc) is 2.56. The highest BCUT2D eigenvalue weighted by atomic mass is 14.6. The normalized spacial score (nSPS) is 14.3. The van der Waals surface area contributed by atoms with E-state index in [1.165, 1.54) is 22.3 Å². The summed E-state index contributed by atoms with van der Waals surface area (Å²) in [4.78, 5) is 0. The highest BCUT2D eigenvalue weighted by Crippen LogP contribution is 2.30. The smallest absolute Gasteiger partial charge is 0.0273 e. The van der Waals surface area contributed by atoms with Gasteiger partial charge in [-0.3, -0.25) is 0 Å². The van der Waals surface area contributed by atoms with Crippen LogP contribution in [0.3, 0.4) is 0 Å². The molecule has 1 aliphatic rings. The quantitative estimate of drug-likeness (QED) is 0.843. The number of hydrogen-bond donors (Lipinski definition) is 1. The zero-order chi connectivity index (χ0) is 14.7.